The molecule has 0 aliphatic rings. The van der Waals surface area contributed by atoms with Gasteiger partial charge in [-0.25, -0.2) is 0 Å². The molecular formula is C9H11BrN2O3. The molecule has 1 aromatic rings. The first-order valence-corrected chi connectivity index (χ1v) is 5.16. The van der Waals surface area contributed by atoms with Crippen molar-refractivity contribution in [2.24, 2.45) is 0 Å². The van der Waals surface area contributed by atoms with Crippen LogP contribution in [0.2, 0.25) is 0 Å². The van der Waals surface area contributed by atoms with Gasteiger partial charge in [0, 0.05) is 17.1 Å². The summed E-state index contributed by atoms with van der Waals surface area (Å²) < 4.78 is 0.650. The highest BCUT2D eigenvalue weighted by atomic mass is 79.9. The van der Waals surface area contributed by atoms with Crippen molar-refractivity contribution in [3.8, 4) is 0 Å². The zero-order valence-electron chi connectivity index (χ0n) is 8.11. The number of anilines is 1. The van der Waals surface area contributed by atoms with Crippen LogP contribution in [0.25, 0.3) is 0 Å². The first-order valence-electron chi connectivity index (χ1n) is 4.36. The Kier molecular flexibility index (Phi) is 4.05. The molecule has 6 heteroatoms. The van der Waals surface area contributed by atoms with Crippen molar-refractivity contribution in [2.45, 2.75) is 13.0 Å². The Morgan fingerprint density at radius 3 is 2.87 bits per heavy atom. The third-order valence-electron chi connectivity index (χ3n) is 1.74. The van der Waals surface area contributed by atoms with E-state index in [9.17, 15) is 10.1 Å². The van der Waals surface area contributed by atoms with E-state index in [1.54, 1.807) is 19.1 Å². The third-order valence-corrected chi connectivity index (χ3v) is 2.24. The van der Waals surface area contributed by atoms with E-state index in [4.69, 9.17) is 5.11 Å². The van der Waals surface area contributed by atoms with Crippen LogP contribution < -0.4 is 5.32 Å². The summed E-state index contributed by atoms with van der Waals surface area (Å²) in [4.78, 5) is 10.2. The molecule has 15 heavy (non-hydrogen) atoms. The Hall–Kier alpha value is -1.14. The predicted molar refractivity (Wildman–Crippen MR) is 61.0 cm³/mol. The van der Waals surface area contributed by atoms with E-state index in [2.05, 4.69) is 21.2 Å². The SMILES string of the molecule is C[C@@H](O)CNc1ccc(Br)cc1[N+](=O)[O-]. The molecule has 0 fully saturated rings. The molecule has 0 radical (unpaired) electrons. The third kappa shape index (κ3) is 3.49. The second kappa shape index (κ2) is 5.09. The number of hydrogen-bond acceptors (Lipinski definition) is 4. The molecule has 1 atom stereocenters. The summed E-state index contributed by atoms with van der Waals surface area (Å²) in [5, 5.41) is 22.6. The fraction of sp³-hybridized carbons (Fsp3) is 0.333. The van der Waals surface area contributed by atoms with Gasteiger partial charge in [0.15, 0.2) is 0 Å². The minimum atomic E-state index is -0.548. The molecule has 0 spiro atoms. The van der Waals surface area contributed by atoms with E-state index in [1.165, 1.54) is 6.07 Å². The first-order chi connectivity index (χ1) is 7.00. The van der Waals surface area contributed by atoms with Crippen molar-refractivity contribution >= 4 is 27.3 Å². The summed E-state index contributed by atoms with van der Waals surface area (Å²) in [6, 6.07) is 4.73. The number of nitrogens with one attached hydrogen (secondary N) is 1. The van der Waals surface area contributed by atoms with Crippen LogP contribution in [-0.2, 0) is 0 Å². The lowest BCUT2D eigenvalue weighted by molar-refractivity contribution is -0.384. The van der Waals surface area contributed by atoms with Gasteiger partial charge in [-0.05, 0) is 19.1 Å². The van der Waals surface area contributed by atoms with E-state index in [0.29, 0.717) is 10.2 Å². The summed E-state index contributed by atoms with van der Waals surface area (Å²) >= 11 is 3.16. The number of nitro benzene ring substituents is 1. The molecule has 5 nitrogen and oxygen atoms in total. The lowest BCUT2D eigenvalue weighted by Gasteiger charge is -2.08. The normalized spacial score (nSPS) is 12.2. The number of aliphatic hydroxyl groups excluding tert-OH is 1. The Morgan fingerprint density at radius 2 is 2.33 bits per heavy atom. The smallest absolute Gasteiger partial charge is 0.293 e. The summed E-state index contributed by atoms with van der Waals surface area (Å²) in [7, 11) is 0. The van der Waals surface area contributed by atoms with Crippen molar-refractivity contribution < 1.29 is 10.0 Å². The number of benzene rings is 1. The maximum Gasteiger partial charge on any atom is 0.293 e. The van der Waals surface area contributed by atoms with Crippen molar-refractivity contribution in [3.63, 3.8) is 0 Å². The highest BCUT2D eigenvalue weighted by Crippen LogP contribution is 2.27. The summed E-state index contributed by atoms with van der Waals surface area (Å²) in [5.41, 5.74) is 0.397. The topological polar surface area (TPSA) is 75.4 Å². The summed E-state index contributed by atoms with van der Waals surface area (Å²) in [6.07, 6.45) is -0.548. The van der Waals surface area contributed by atoms with Gasteiger partial charge in [0.1, 0.15) is 5.69 Å². The maximum absolute atomic E-state index is 10.7. The van der Waals surface area contributed by atoms with Gasteiger partial charge < -0.3 is 10.4 Å². The molecule has 2 N–H and O–H groups in total. The van der Waals surface area contributed by atoms with Gasteiger partial charge in [0.25, 0.3) is 5.69 Å². The quantitative estimate of drug-likeness (QED) is 0.652. The molecule has 82 valence electrons. The van der Waals surface area contributed by atoms with Crippen LogP contribution >= 0.6 is 15.9 Å². The summed E-state index contributed by atoms with van der Waals surface area (Å²) in [5.74, 6) is 0. The second-order valence-electron chi connectivity index (χ2n) is 3.15. The lowest BCUT2D eigenvalue weighted by atomic mass is 10.2. The maximum atomic E-state index is 10.7. The minimum Gasteiger partial charge on any atom is -0.392 e. The molecule has 0 aliphatic heterocycles. The largest absolute Gasteiger partial charge is 0.392 e. The first kappa shape index (κ1) is 11.9. The average Bonchev–Trinajstić information content (AvgIpc) is 2.15. The second-order valence-corrected chi connectivity index (χ2v) is 4.06. The van der Waals surface area contributed by atoms with Gasteiger partial charge >= 0.3 is 0 Å². The Bertz CT molecular complexity index is 368. The van der Waals surface area contributed by atoms with Crippen molar-refractivity contribution in [3.05, 3.63) is 32.8 Å². The van der Waals surface area contributed by atoms with Gasteiger partial charge in [0.2, 0.25) is 0 Å². The number of nitro groups is 1. The molecular weight excluding hydrogens is 264 g/mol. The lowest BCUT2D eigenvalue weighted by Crippen LogP contribution is -2.15. The van der Waals surface area contributed by atoms with E-state index >= 15 is 0 Å². The van der Waals surface area contributed by atoms with Gasteiger partial charge in [-0.1, -0.05) is 15.9 Å². The van der Waals surface area contributed by atoms with E-state index in [0.717, 1.165) is 0 Å². The van der Waals surface area contributed by atoms with Crippen LogP contribution in [0.15, 0.2) is 22.7 Å². The average molecular weight is 275 g/mol. The van der Waals surface area contributed by atoms with Crippen LogP contribution in [0.3, 0.4) is 0 Å². The fourth-order valence-electron chi connectivity index (χ4n) is 1.06. The van der Waals surface area contributed by atoms with Crippen LogP contribution in [0.5, 0.6) is 0 Å². The van der Waals surface area contributed by atoms with E-state index in [-0.39, 0.29) is 12.2 Å². The molecule has 1 rings (SSSR count). The van der Waals surface area contributed by atoms with E-state index in [1.807, 2.05) is 0 Å². The van der Waals surface area contributed by atoms with Gasteiger partial charge in [-0.3, -0.25) is 10.1 Å². The highest BCUT2D eigenvalue weighted by Gasteiger charge is 2.13. The van der Waals surface area contributed by atoms with Gasteiger partial charge in [-0.2, -0.15) is 0 Å². The predicted octanol–water partition coefficient (Wildman–Crippen LogP) is 2.15. The highest BCUT2D eigenvalue weighted by molar-refractivity contribution is 9.10. The Labute approximate surface area is 95.4 Å². The standard InChI is InChI=1S/C9H11BrN2O3/c1-6(13)5-11-8-3-2-7(10)4-9(8)12(14)15/h2-4,6,11,13H,5H2,1H3/t6-/m1/s1. The molecule has 0 saturated heterocycles. The molecule has 0 unspecified atom stereocenters. The molecule has 0 bridgehead atoms. The minimum absolute atomic E-state index is 0.00924. The molecule has 0 amide bonds. The van der Waals surface area contributed by atoms with Crippen LogP contribution in [-0.4, -0.2) is 22.7 Å². The van der Waals surface area contributed by atoms with Gasteiger partial charge in [0.05, 0.1) is 11.0 Å². The van der Waals surface area contributed by atoms with E-state index < -0.39 is 11.0 Å². The Morgan fingerprint density at radius 1 is 1.67 bits per heavy atom. The molecule has 0 heterocycles. The van der Waals surface area contributed by atoms with Crippen LogP contribution in [0, 0.1) is 10.1 Å². The molecule has 0 saturated carbocycles. The number of rotatable bonds is 4. The summed E-state index contributed by atoms with van der Waals surface area (Å²) in [6.45, 7) is 1.89. The monoisotopic (exact) mass is 274 g/mol. The number of hydrogen-bond donors (Lipinski definition) is 2. The van der Waals surface area contributed by atoms with Gasteiger partial charge in [-0.15, -0.1) is 0 Å². The molecule has 0 aliphatic carbocycles. The number of aliphatic hydroxyl groups is 1. The molecule has 1 aromatic carbocycles. The number of nitrogens with zero attached hydrogens (tertiary/aromatic N) is 1. The van der Waals surface area contributed by atoms with Crippen LogP contribution in [0.4, 0.5) is 11.4 Å². The fourth-order valence-corrected chi connectivity index (χ4v) is 1.41. The van der Waals surface area contributed by atoms with Crippen LogP contribution in [0.1, 0.15) is 6.92 Å². The Balaban J connectivity index is 2.91. The van der Waals surface area contributed by atoms with Crippen molar-refractivity contribution in [2.75, 3.05) is 11.9 Å². The van der Waals surface area contributed by atoms with Crippen molar-refractivity contribution in [1.29, 1.82) is 0 Å². The number of halogens is 1. The van der Waals surface area contributed by atoms with Crippen molar-refractivity contribution in [1.82, 2.24) is 0 Å². The zero-order valence-corrected chi connectivity index (χ0v) is 9.69. The zero-order chi connectivity index (χ0) is 11.4. The molecule has 0 aromatic heterocycles.